The van der Waals surface area contributed by atoms with Crippen LogP contribution >= 0.6 is 12.4 Å². The average molecular weight is 414 g/mol. The van der Waals surface area contributed by atoms with Crippen LogP contribution in [0.5, 0.6) is 5.75 Å². The molecular weight excluding hydrogens is 390 g/mol. The van der Waals surface area contributed by atoms with Gasteiger partial charge in [0.25, 0.3) is 11.8 Å². The molecule has 29 heavy (non-hydrogen) atoms. The van der Waals surface area contributed by atoms with E-state index in [0.717, 1.165) is 30.8 Å². The number of rotatable bonds is 5. The monoisotopic (exact) mass is 413 g/mol. The largest absolute Gasteiger partial charge is 0.480 e. The number of carbonyl (C=O) groups excluding carboxylic acids is 2. The van der Waals surface area contributed by atoms with Gasteiger partial charge >= 0.3 is 0 Å². The Balaban J connectivity index is 0.00000240. The van der Waals surface area contributed by atoms with E-state index >= 15 is 0 Å². The van der Waals surface area contributed by atoms with Crippen LogP contribution in [0.2, 0.25) is 0 Å². The molecule has 4 rings (SSSR count). The van der Waals surface area contributed by atoms with Crippen molar-refractivity contribution < 1.29 is 14.3 Å². The van der Waals surface area contributed by atoms with Gasteiger partial charge in [-0.2, -0.15) is 0 Å². The van der Waals surface area contributed by atoms with Crippen molar-refractivity contribution in [2.75, 3.05) is 25.0 Å². The second-order valence-corrected chi connectivity index (χ2v) is 6.99. The molecule has 2 aliphatic rings. The number of carbonyl (C=O) groups is 2. The molecule has 7 heteroatoms. The van der Waals surface area contributed by atoms with E-state index in [1.807, 2.05) is 24.3 Å². The molecular formula is C22H24ClN3O3. The number of halogens is 1. The van der Waals surface area contributed by atoms with E-state index in [1.165, 1.54) is 5.57 Å². The highest BCUT2D eigenvalue weighted by molar-refractivity contribution is 5.98. The molecule has 0 saturated carbocycles. The normalized spacial score (nSPS) is 17.2. The fraction of sp³-hybridized carbons (Fsp3) is 0.273. The summed E-state index contributed by atoms with van der Waals surface area (Å²) in [5, 5.41) is 9.05. The molecule has 2 aliphatic heterocycles. The molecule has 6 nitrogen and oxygen atoms in total. The minimum absolute atomic E-state index is 0. The van der Waals surface area contributed by atoms with Crippen LogP contribution in [-0.4, -0.2) is 37.6 Å². The van der Waals surface area contributed by atoms with Gasteiger partial charge in [-0.1, -0.05) is 35.9 Å². The van der Waals surface area contributed by atoms with Crippen molar-refractivity contribution in [3.8, 4) is 5.75 Å². The third-order valence-corrected chi connectivity index (χ3v) is 4.97. The fourth-order valence-corrected chi connectivity index (χ4v) is 3.42. The fourth-order valence-electron chi connectivity index (χ4n) is 3.42. The van der Waals surface area contributed by atoms with Gasteiger partial charge in [0, 0.05) is 30.8 Å². The molecule has 2 heterocycles. The molecule has 2 amide bonds. The number of fused-ring (bicyclic) bond motifs is 1. The highest BCUT2D eigenvalue weighted by Crippen LogP contribution is 2.28. The van der Waals surface area contributed by atoms with Crippen molar-refractivity contribution in [1.82, 2.24) is 10.6 Å². The van der Waals surface area contributed by atoms with Crippen molar-refractivity contribution in [2.45, 2.75) is 18.9 Å². The predicted octanol–water partition coefficient (Wildman–Crippen LogP) is 2.70. The molecule has 1 unspecified atom stereocenters. The molecule has 0 fully saturated rings. The summed E-state index contributed by atoms with van der Waals surface area (Å²) in [6.07, 6.45) is 3.05. The SMILES string of the molecule is Cl.O=C(NCC1=CCNCC1)c1cccc(NC(=O)C2Cc3ccccc3O2)c1. The second kappa shape index (κ2) is 9.58. The maximum absolute atomic E-state index is 12.5. The van der Waals surface area contributed by atoms with Crippen LogP contribution in [0.4, 0.5) is 5.69 Å². The molecule has 0 aliphatic carbocycles. The van der Waals surface area contributed by atoms with Crippen LogP contribution in [0.15, 0.2) is 60.2 Å². The van der Waals surface area contributed by atoms with Crippen LogP contribution in [-0.2, 0) is 11.2 Å². The van der Waals surface area contributed by atoms with E-state index in [2.05, 4.69) is 22.0 Å². The van der Waals surface area contributed by atoms with Crippen molar-refractivity contribution in [2.24, 2.45) is 0 Å². The first kappa shape index (κ1) is 20.9. The van der Waals surface area contributed by atoms with Crippen molar-refractivity contribution in [3.05, 3.63) is 71.3 Å². The zero-order valence-corrected chi connectivity index (χ0v) is 16.8. The number of para-hydroxylation sites is 1. The number of nitrogens with one attached hydrogen (secondary N) is 3. The van der Waals surface area contributed by atoms with Gasteiger partial charge in [0.2, 0.25) is 0 Å². The Morgan fingerprint density at radius 3 is 2.79 bits per heavy atom. The van der Waals surface area contributed by atoms with Gasteiger partial charge in [0.15, 0.2) is 6.10 Å². The molecule has 0 aromatic heterocycles. The lowest BCUT2D eigenvalue weighted by Gasteiger charge is -2.15. The summed E-state index contributed by atoms with van der Waals surface area (Å²) >= 11 is 0. The highest BCUT2D eigenvalue weighted by atomic mass is 35.5. The first-order valence-corrected chi connectivity index (χ1v) is 9.51. The second-order valence-electron chi connectivity index (χ2n) is 6.99. The highest BCUT2D eigenvalue weighted by Gasteiger charge is 2.28. The molecule has 2 aromatic rings. The van der Waals surface area contributed by atoms with Crippen LogP contribution in [0, 0.1) is 0 Å². The number of amides is 2. The average Bonchev–Trinajstić information content (AvgIpc) is 3.17. The molecule has 3 N–H and O–H groups in total. The third kappa shape index (κ3) is 5.16. The lowest BCUT2D eigenvalue weighted by molar-refractivity contribution is -0.122. The van der Waals surface area contributed by atoms with Crippen molar-refractivity contribution in [1.29, 1.82) is 0 Å². The quantitative estimate of drug-likeness (QED) is 0.658. The lowest BCUT2D eigenvalue weighted by atomic mass is 10.1. The Morgan fingerprint density at radius 2 is 2.00 bits per heavy atom. The number of ether oxygens (including phenoxy) is 1. The molecule has 0 bridgehead atoms. The van der Waals surface area contributed by atoms with E-state index in [9.17, 15) is 9.59 Å². The minimum Gasteiger partial charge on any atom is -0.480 e. The Morgan fingerprint density at radius 1 is 1.14 bits per heavy atom. The minimum atomic E-state index is -0.554. The Kier molecular flexibility index (Phi) is 6.90. The number of hydrogen-bond acceptors (Lipinski definition) is 4. The van der Waals surface area contributed by atoms with Crippen molar-refractivity contribution >= 4 is 29.9 Å². The van der Waals surface area contributed by atoms with E-state index in [0.29, 0.717) is 24.2 Å². The summed E-state index contributed by atoms with van der Waals surface area (Å²) in [6, 6.07) is 14.6. The van der Waals surface area contributed by atoms with E-state index in [1.54, 1.807) is 24.3 Å². The number of anilines is 1. The van der Waals surface area contributed by atoms with E-state index < -0.39 is 6.10 Å². The van der Waals surface area contributed by atoms with Crippen LogP contribution < -0.4 is 20.7 Å². The van der Waals surface area contributed by atoms with Gasteiger partial charge in [0.05, 0.1) is 0 Å². The van der Waals surface area contributed by atoms with E-state index in [4.69, 9.17) is 4.74 Å². The standard InChI is InChI=1S/C22H23N3O3.ClH/c26-21(24-14-15-8-10-23-11-9-15)17-5-3-6-18(12-17)25-22(27)20-13-16-4-1-2-7-19(16)28-20;/h1-8,12,20,23H,9-11,13-14H2,(H,24,26)(H,25,27);1H. The maximum Gasteiger partial charge on any atom is 0.265 e. The van der Waals surface area contributed by atoms with Crippen molar-refractivity contribution in [3.63, 3.8) is 0 Å². The van der Waals surface area contributed by atoms with Gasteiger partial charge in [-0.15, -0.1) is 12.4 Å². The smallest absolute Gasteiger partial charge is 0.265 e. The van der Waals surface area contributed by atoms with Gasteiger partial charge in [-0.25, -0.2) is 0 Å². The summed E-state index contributed by atoms with van der Waals surface area (Å²) in [7, 11) is 0. The summed E-state index contributed by atoms with van der Waals surface area (Å²) in [4.78, 5) is 25.0. The summed E-state index contributed by atoms with van der Waals surface area (Å²) in [5.74, 6) is 0.386. The summed E-state index contributed by atoms with van der Waals surface area (Å²) in [5.41, 5.74) is 3.36. The third-order valence-electron chi connectivity index (χ3n) is 4.97. The first-order valence-electron chi connectivity index (χ1n) is 9.51. The molecule has 152 valence electrons. The molecule has 0 spiro atoms. The topological polar surface area (TPSA) is 79.5 Å². The Labute approximate surface area is 176 Å². The zero-order valence-electron chi connectivity index (χ0n) is 15.9. The molecule has 1 atom stereocenters. The van der Waals surface area contributed by atoms with E-state index in [-0.39, 0.29) is 24.2 Å². The predicted molar refractivity (Wildman–Crippen MR) is 115 cm³/mol. The lowest BCUT2D eigenvalue weighted by Crippen LogP contribution is -2.32. The molecule has 2 aromatic carbocycles. The summed E-state index contributed by atoms with van der Waals surface area (Å²) in [6.45, 7) is 2.33. The van der Waals surface area contributed by atoms with Gasteiger partial charge in [-0.05, 0) is 42.8 Å². The number of benzene rings is 2. The summed E-state index contributed by atoms with van der Waals surface area (Å²) < 4.78 is 5.72. The van der Waals surface area contributed by atoms with Gasteiger partial charge < -0.3 is 20.7 Å². The zero-order chi connectivity index (χ0) is 19.3. The van der Waals surface area contributed by atoms with Crippen LogP contribution in [0.1, 0.15) is 22.3 Å². The van der Waals surface area contributed by atoms with Gasteiger partial charge in [-0.3, -0.25) is 9.59 Å². The maximum atomic E-state index is 12.5. The molecule has 0 radical (unpaired) electrons. The van der Waals surface area contributed by atoms with Gasteiger partial charge in [0.1, 0.15) is 5.75 Å². The molecule has 0 saturated heterocycles. The Hall–Kier alpha value is -2.83. The number of hydrogen-bond donors (Lipinski definition) is 3. The Bertz CT molecular complexity index is 904. The van der Waals surface area contributed by atoms with Crippen LogP contribution in [0.3, 0.4) is 0 Å². The van der Waals surface area contributed by atoms with Crippen LogP contribution in [0.25, 0.3) is 0 Å². The first-order chi connectivity index (χ1) is 13.7.